The highest BCUT2D eigenvalue weighted by Crippen LogP contribution is 2.31. The molecule has 1 aromatic rings. The van der Waals surface area contributed by atoms with E-state index in [0.717, 1.165) is 37.9 Å². The molecule has 0 amide bonds. The Balaban J connectivity index is 2.05. The molecule has 0 radical (unpaired) electrons. The summed E-state index contributed by atoms with van der Waals surface area (Å²) in [5.41, 5.74) is 0.856. The van der Waals surface area contributed by atoms with Crippen molar-refractivity contribution in [2.45, 2.75) is 70.6 Å². The summed E-state index contributed by atoms with van der Waals surface area (Å²) in [6, 6.07) is 11.1. The molecular formula is C18H26N2O. The van der Waals surface area contributed by atoms with E-state index in [-0.39, 0.29) is 6.10 Å². The first-order chi connectivity index (χ1) is 10.1. The number of hydrogen-bond donors (Lipinski definition) is 1. The zero-order valence-electron chi connectivity index (χ0n) is 13.4. The first-order valence-electron chi connectivity index (χ1n) is 8.01. The Morgan fingerprint density at radius 2 is 2.29 bits per heavy atom. The van der Waals surface area contributed by atoms with Crippen molar-refractivity contribution in [2.24, 2.45) is 0 Å². The Morgan fingerprint density at radius 1 is 1.48 bits per heavy atom. The van der Waals surface area contributed by atoms with E-state index >= 15 is 0 Å². The average molecular weight is 286 g/mol. The fourth-order valence-corrected chi connectivity index (χ4v) is 3.17. The predicted molar refractivity (Wildman–Crippen MR) is 85.3 cm³/mol. The fourth-order valence-electron chi connectivity index (χ4n) is 3.17. The zero-order valence-corrected chi connectivity index (χ0v) is 13.4. The molecular weight excluding hydrogens is 260 g/mol. The van der Waals surface area contributed by atoms with Crippen molar-refractivity contribution >= 4 is 0 Å². The minimum Gasteiger partial charge on any atom is -0.490 e. The van der Waals surface area contributed by atoms with Crippen molar-refractivity contribution in [2.75, 3.05) is 0 Å². The van der Waals surface area contributed by atoms with E-state index < -0.39 is 5.54 Å². The van der Waals surface area contributed by atoms with Gasteiger partial charge in [0.05, 0.1) is 6.07 Å². The molecule has 1 fully saturated rings. The zero-order chi connectivity index (χ0) is 15.3. The predicted octanol–water partition coefficient (Wildman–Crippen LogP) is 3.83. The Kier molecular flexibility index (Phi) is 5.25. The Hall–Kier alpha value is -1.53. The standard InChI is InChI=1S/C18H26N2O/c1-4-15-7-5-8-16(11-15)21-17-9-6-10-18(12-17,13-19)20-14(2)3/h5,7-8,11,14,17,20H,4,6,9-10,12H2,1-3H3. The van der Waals surface area contributed by atoms with E-state index in [1.807, 2.05) is 12.1 Å². The first-order valence-corrected chi connectivity index (χ1v) is 8.01. The number of rotatable bonds is 5. The topological polar surface area (TPSA) is 45.0 Å². The number of benzene rings is 1. The third kappa shape index (κ3) is 4.22. The van der Waals surface area contributed by atoms with Crippen LogP contribution in [0.4, 0.5) is 0 Å². The second-order valence-corrected chi connectivity index (χ2v) is 6.33. The normalized spacial score (nSPS) is 25.6. The number of hydrogen-bond acceptors (Lipinski definition) is 3. The summed E-state index contributed by atoms with van der Waals surface area (Å²) < 4.78 is 6.15. The first kappa shape index (κ1) is 15.9. The minimum absolute atomic E-state index is 0.122. The van der Waals surface area contributed by atoms with Crippen LogP contribution in [0, 0.1) is 11.3 Å². The van der Waals surface area contributed by atoms with Gasteiger partial charge in [0.2, 0.25) is 0 Å². The maximum absolute atomic E-state index is 9.59. The highest BCUT2D eigenvalue weighted by atomic mass is 16.5. The molecule has 2 unspecified atom stereocenters. The molecule has 3 heteroatoms. The molecule has 2 atom stereocenters. The molecule has 3 nitrogen and oxygen atoms in total. The van der Waals surface area contributed by atoms with Crippen molar-refractivity contribution < 1.29 is 4.74 Å². The summed E-state index contributed by atoms with van der Waals surface area (Å²) in [7, 11) is 0. The molecule has 1 saturated carbocycles. The van der Waals surface area contributed by atoms with Crippen molar-refractivity contribution in [3.63, 3.8) is 0 Å². The molecule has 0 heterocycles. The lowest BCUT2D eigenvalue weighted by molar-refractivity contribution is 0.109. The number of nitriles is 1. The lowest BCUT2D eigenvalue weighted by atomic mass is 9.80. The van der Waals surface area contributed by atoms with Gasteiger partial charge in [0, 0.05) is 12.5 Å². The third-order valence-electron chi connectivity index (χ3n) is 4.09. The van der Waals surface area contributed by atoms with Crippen LogP contribution in [0.1, 0.15) is 52.0 Å². The maximum atomic E-state index is 9.59. The highest BCUT2D eigenvalue weighted by molar-refractivity contribution is 5.29. The van der Waals surface area contributed by atoms with Crippen LogP contribution in [-0.2, 0) is 6.42 Å². The van der Waals surface area contributed by atoms with Crippen LogP contribution in [0.2, 0.25) is 0 Å². The van der Waals surface area contributed by atoms with E-state index in [9.17, 15) is 5.26 Å². The quantitative estimate of drug-likeness (QED) is 0.894. The minimum atomic E-state index is -0.431. The van der Waals surface area contributed by atoms with Gasteiger partial charge >= 0.3 is 0 Å². The largest absolute Gasteiger partial charge is 0.490 e. The number of nitrogens with one attached hydrogen (secondary N) is 1. The van der Waals surface area contributed by atoms with Crippen LogP contribution in [-0.4, -0.2) is 17.7 Å². The van der Waals surface area contributed by atoms with Crippen molar-refractivity contribution in [1.29, 1.82) is 5.26 Å². The maximum Gasteiger partial charge on any atom is 0.119 e. The van der Waals surface area contributed by atoms with Crippen LogP contribution in [0.5, 0.6) is 5.75 Å². The van der Waals surface area contributed by atoms with Gasteiger partial charge in [0.25, 0.3) is 0 Å². The second-order valence-electron chi connectivity index (χ2n) is 6.33. The molecule has 114 valence electrons. The molecule has 0 aliphatic heterocycles. The third-order valence-corrected chi connectivity index (χ3v) is 4.09. The summed E-state index contributed by atoms with van der Waals surface area (Å²) in [4.78, 5) is 0. The van der Waals surface area contributed by atoms with Crippen LogP contribution < -0.4 is 10.1 Å². The van der Waals surface area contributed by atoms with Crippen molar-refractivity contribution in [3.05, 3.63) is 29.8 Å². The molecule has 0 bridgehead atoms. The van der Waals surface area contributed by atoms with E-state index in [0.29, 0.717) is 6.04 Å². The average Bonchev–Trinajstić information content (AvgIpc) is 2.47. The summed E-state index contributed by atoms with van der Waals surface area (Å²) in [6.45, 7) is 6.33. The van der Waals surface area contributed by atoms with Crippen LogP contribution >= 0.6 is 0 Å². The molecule has 21 heavy (non-hydrogen) atoms. The van der Waals surface area contributed by atoms with Crippen LogP contribution in [0.15, 0.2) is 24.3 Å². The summed E-state index contributed by atoms with van der Waals surface area (Å²) in [5.74, 6) is 0.928. The van der Waals surface area contributed by atoms with Gasteiger partial charge in [-0.2, -0.15) is 5.26 Å². The van der Waals surface area contributed by atoms with Crippen LogP contribution in [0.25, 0.3) is 0 Å². The summed E-state index contributed by atoms with van der Waals surface area (Å²) in [5, 5.41) is 13.0. The van der Waals surface area contributed by atoms with Gasteiger partial charge in [0.15, 0.2) is 0 Å². The molecule has 0 saturated heterocycles. The lowest BCUT2D eigenvalue weighted by Crippen LogP contribution is -2.52. The molecule has 0 spiro atoms. The van der Waals surface area contributed by atoms with Crippen molar-refractivity contribution in [3.8, 4) is 11.8 Å². The van der Waals surface area contributed by atoms with Gasteiger partial charge < -0.3 is 4.74 Å². The number of nitrogens with zero attached hydrogens (tertiary/aromatic N) is 1. The second kappa shape index (κ2) is 6.95. The van der Waals surface area contributed by atoms with Gasteiger partial charge in [-0.25, -0.2) is 0 Å². The summed E-state index contributed by atoms with van der Waals surface area (Å²) >= 11 is 0. The molecule has 1 aromatic carbocycles. The Bertz CT molecular complexity index is 506. The number of ether oxygens (including phenoxy) is 1. The Morgan fingerprint density at radius 3 is 2.95 bits per heavy atom. The van der Waals surface area contributed by atoms with Gasteiger partial charge in [-0.1, -0.05) is 19.1 Å². The smallest absolute Gasteiger partial charge is 0.119 e. The molecule has 1 N–H and O–H groups in total. The van der Waals surface area contributed by atoms with Gasteiger partial charge in [-0.05, 0) is 57.2 Å². The molecule has 0 aromatic heterocycles. The molecule has 1 aliphatic rings. The van der Waals surface area contributed by atoms with Crippen LogP contribution in [0.3, 0.4) is 0 Å². The molecule has 1 aliphatic carbocycles. The van der Waals surface area contributed by atoms with E-state index in [4.69, 9.17) is 4.74 Å². The molecule has 2 rings (SSSR count). The van der Waals surface area contributed by atoms with E-state index in [2.05, 4.69) is 44.3 Å². The van der Waals surface area contributed by atoms with E-state index in [1.54, 1.807) is 0 Å². The van der Waals surface area contributed by atoms with Crippen molar-refractivity contribution in [1.82, 2.24) is 5.32 Å². The lowest BCUT2D eigenvalue weighted by Gasteiger charge is -2.37. The SMILES string of the molecule is CCc1cccc(OC2CCCC(C#N)(NC(C)C)C2)c1. The monoisotopic (exact) mass is 286 g/mol. The van der Waals surface area contributed by atoms with Gasteiger partial charge in [0.1, 0.15) is 17.4 Å². The summed E-state index contributed by atoms with van der Waals surface area (Å²) in [6.07, 6.45) is 4.87. The van der Waals surface area contributed by atoms with Gasteiger partial charge in [-0.15, -0.1) is 0 Å². The fraction of sp³-hybridized carbons (Fsp3) is 0.611. The van der Waals surface area contributed by atoms with Gasteiger partial charge in [-0.3, -0.25) is 5.32 Å². The number of aryl methyl sites for hydroxylation is 1. The highest BCUT2D eigenvalue weighted by Gasteiger charge is 2.37. The van der Waals surface area contributed by atoms with E-state index in [1.165, 1.54) is 5.56 Å². The Labute approximate surface area is 128 Å².